The largest absolute Gasteiger partial charge is 0.491 e. The molecule has 1 saturated carbocycles. The summed E-state index contributed by atoms with van der Waals surface area (Å²) >= 11 is 6.37. The van der Waals surface area contributed by atoms with Crippen molar-refractivity contribution in [3.05, 3.63) is 53.2 Å². The maximum absolute atomic E-state index is 12.0. The summed E-state index contributed by atoms with van der Waals surface area (Å²) in [6.07, 6.45) is 3.74. The van der Waals surface area contributed by atoms with Gasteiger partial charge in [-0.05, 0) is 56.5 Å². The zero-order chi connectivity index (χ0) is 22.5. The van der Waals surface area contributed by atoms with Gasteiger partial charge >= 0.3 is 6.03 Å². The second kappa shape index (κ2) is 10.1. The van der Waals surface area contributed by atoms with Gasteiger partial charge in [0.25, 0.3) is 0 Å². The number of aryl methyl sites for hydroxylation is 1. The van der Waals surface area contributed by atoms with Crippen LogP contribution < -0.4 is 20.1 Å². The summed E-state index contributed by atoms with van der Waals surface area (Å²) < 4.78 is 17.3. The summed E-state index contributed by atoms with van der Waals surface area (Å²) in [7, 11) is 0. The third-order valence-electron chi connectivity index (χ3n) is 5.02. The van der Waals surface area contributed by atoms with Crippen LogP contribution in [-0.2, 0) is 4.74 Å². The number of ether oxygens (including phenoxy) is 3. The van der Waals surface area contributed by atoms with Crippen molar-refractivity contribution in [3.63, 3.8) is 0 Å². The Morgan fingerprint density at radius 2 is 2.00 bits per heavy atom. The van der Waals surface area contributed by atoms with Gasteiger partial charge in [0.05, 0.1) is 22.8 Å². The highest BCUT2D eigenvalue weighted by atomic mass is 35.5. The van der Waals surface area contributed by atoms with E-state index >= 15 is 0 Å². The molecule has 0 saturated heterocycles. The molecule has 0 radical (unpaired) electrons. The van der Waals surface area contributed by atoms with Crippen LogP contribution in [0, 0.1) is 6.92 Å². The quantitative estimate of drug-likeness (QED) is 0.405. The number of carbonyl (C=O) groups is 1. The molecule has 7 nitrogen and oxygen atoms in total. The Kier molecular flexibility index (Phi) is 6.97. The van der Waals surface area contributed by atoms with E-state index in [1.807, 2.05) is 26.0 Å². The van der Waals surface area contributed by atoms with Crippen LogP contribution >= 0.6 is 11.6 Å². The Hall–Kier alpha value is -3.03. The van der Waals surface area contributed by atoms with E-state index in [4.69, 9.17) is 25.8 Å². The van der Waals surface area contributed by atoms with E-state index < -0.39 is 0 Å². The standard InChI is InChI=1S/C24H26ClN3O4/c1-3-30-10-11-31-23-14-21-18(12-15(23)2)22(8-9-26-21)32-17-6-7-20(19(25)13-17)28-24(29)27-16-4-5-16/h6-9,12-14,16H,3-5,10-11H2,1-2H3,(H2,27,28,29). The van der Waals surface area contributed by atoms with Crippen LogP contribution in [0.25, 0.3) is 10.9 Å². The van der Waals surface area contributed by atoms with E-state index in [-0.39, 0.29) is 12.1 Å². The Labute approximate surface area is 192 Å². The second-order valence-corrected chi connectivity index (χ2v) is 8.01. The number of halogens is 1. The molecular weight excluding hydrogens is 430 g/mol. The molecule has 2 aromatic carbocycles. The summed E-state index contributed by atoms with van der Waals surface area (Å²) in [6, 6.07) is 10.9. The number of aromatic nitrogens is 1. The van der Waals surface area contributed by atoms with E-state index in [9.17, 15) is 4.79 Å². The van der Waals surface area contributed by atoms with Gasteiger partial charge in [0, 0.05) is 36.4 Å². The van der Waals surface area contributed by atoms with Gasteiger partial charge in [-0.1, -0.05) is 11.6 Å². The van der Waals surface area contributed by atoms with Crippen molar-refractivity contribution in [2.45, 2.75) is 32.7 Å². The van der Waals surface area contributed by atoms with Gasteiger partial charge in [-0.25, -0.2) is 4.79 Å². The summed E-state index contributed by atoms with van der Waals surface area (Å²) in [5.74, 6) is 1.98. The summed E-state index contributed by atoms with van der Waals surface area (Å²) in [4.78, 5) is 16.4. The highest BCUT2D eigenvalue weighted by Gasteiger charge is 2.23. The van der Waals surface area contributed by atoms with Crippen molar-refractivity contribution < 1.29 is 19.0 Å². The lowest BCUT2D eigenvalue weighted by Gasteiger charge is -2.14. The summed E-state index contributed by atoms with van der Waals surface area (Å²) in [6.45, 7) is 5.62. The lowest BCUT2D eigenvalue weighted by atomic mass is 10.1. The van der Waals surface area contributed by atoms with Crippen molar-refractivity contribution in [3.8, 4) is 17.2 Å². The van der Waals surface area contributed by atoms with Crippen molar-refractivity contribution in [2.24, 2.45) is 0 Å². The van der Waals surface area contributed by atoms with Crippen LogP contribution in [0.4, 0.5) is 10.5 Å². The third kappa shape index (κ3) is 5.60. The van der Waals surface area contributed by atoms with Crippen LogP contribution in [0.3, 0.4) is 0 Å². The number of urea groups is 1. The molecule has 1 aliphatic carbocycles. The molecule has 1 aromatic heterocycles. The predicted molar refractivity (Wildman–Crippen MR) is 125 cm³/mol. The van der Waals surface area contributed by atoms with Crippen LogP contribution in [0.15, 0.2) is 42.6 Å². The molecule has 0 aliphatic heterocycles. The fourth-order valence-electron chi connectivity index (χ4n) is 3.22. The fraction of sp³-hybridized carbons (Fsp3) is 0.333. The number of nitrogens with zero attached hydrogens (tertiary/aromatic N) is 1. The number of fused-ring (bicyclic) bond motifs is 1. The van der Waals surface area contributed by atoms with Gasteiger partial charge in [0.1, 0.15) is 23.9 Å². The first-order valence-corrected chi connectivity index (χ1v) is 11.1. The van der Waals surface area contributed by atoms with Gasteiger partial charge < -0.3 is 24.8 Å². The van der Waals surface area contributed by atoms with Gasteiger partial charge in [-0.15, -0.1) is 0 Å². The number of hydrogen-bond donors (Lipinski definition) is 2. The van der Waals surface area contributed by atoms with Gasteiger partial charge in [0.15, 0.2) is 0 Å². The Morgan fingerprint density at radius 3 is 2.75 bits per heavy atom. The Morgan fingerprint density at radius 1 is 1.16 bits per heavy atom. The molecule has 32 heavy (non-hydrogen) atoms. The highest BCUT2D eigenvalue weighted by molar-refractivity contribution is 6.33. The maximum Gasteiger partial charge on any atom is 0.319 e. The SMILES string of the molecule is CCOCCOc1cc2nccc(Oc3ccc(NC(=O)NC4CC4)c(Cl)c3)c2cc1C. The van der Waals surface area contributed by atoms with E-state index in [1.54, 1.807) is 30.5 Å². The number of rotatable bonds is 9. The second-order valence-electron chi connectivity index (χ2n) is 7.61. The summed E-state index contributed by atoms with van der Waals surface area (Å²) in [5.41, 5.74) is 2.27. The van der Waals surface area contributed by atoms with E-state index in [0.717, 1.165) is 35.1 Å². The number of benzene rings is 2. The average molecular weight is 456 g/mol. The minimum atomic E-state index is -0.252. The molecular formula is C24H26ClN3O4. The molecule has 2 amide bonds. The molecule has 1 fully saturated rings. The molecule has 0 atom stereocenters. The molecule has 3 aromatic rings. The molecule has 168 valence electrons. The third-order valence-corrected chi connectivity index (χ3v) is 5.33. The van der Waals surface area contributed by atoms with Crippen molar-refractivity contribution in [1.29, 1.82) is 0 Å². The topological polar surface area (TPSA) is 81.7 Å². The van der Waals surface area contributed by atoms with Crippen LogP contribution in [-0.4, -0.2) is 36.9 Å². The van der Waals surface area contributed by atoms with Gasteiger partial charge in [0.2, 0.25) is 0 Å². The van der Waals surface area contributed by atoms with Gasteiger partial charge in [-0.2, -0.15) is 0 Å². The average Bonchev–Trinajstić information content (AvgIpc) is 3.58. The molecule has 4 rings (SSSR count). The zero-order valence-electron chi connectivity index (χ0n) is 18.1. The smallest absolute Gasteiger partial charge is 0.319 e. The number of carbonyl (C=O) groups excluding carboxylic acids is 1. The van der Waals surface area contributed by atoms with Gasteiger partial charge in [-0.3, -0.25) is 4.98 Å². The predicted octanol–water partition coefficient (Wildman–Crippen LogP) is 5.69. The first-order valence-electron chi connectivity index (χ1n) is 10.7. The number of pyridine rings is 1. The lowest BCUT2D eigenvalue weighted by molar-refractivity contribution is 0.110. The minimum absolute atomic E-state index is 0.252. The molecule has 0 spiro atoms. The highest BCUT2D eigenvalue weighted by Crippen LogP contribution is 2.35. The monoisotopic (exact) mass is 455 g/mol. The number of amides is 2. The number of hydrogen-bond acceptors (Lipinski definition) is 5. The fourth-order valence-corrected chi connectivity index (χ4v) is 3.43. The number of anilines is 1. The summed E-state index contributed by atoms with van der Waals surface area (Å²) in [5, 5.41) is 6.90. The minimum Gasteiger partial charge on any atom is -0.491 e. The first kappa shape index (κ1) is 22.2. The van der Waals surface area contributed by atoms with Crippen LogP contribution in [0.1, 0.15) is 25.3 Å². The zero-order valence-corrected chi connectivity index (χ0v) is 18.9. The van der Waals surface area contributed by atoms with Crippen molar-refractivity contribution in [1.82, 2.24) is 10.3 Å². The molecule has 1 aliphatic rings. The van der Waals surface area contributed by atoms with Crippen molar-refractivity contribution in [2.75, 3.05) is 25.1 Å². The van der Waals surface area contributed by atoms with E-state index in [2.05, 4.69) is 15.6 Å². The normalized spacial score (nSPS) is 13.1. The Balaban J connectivity index is 1.49. The van der Waals surface area contributed by atoms with E-state index in [1.165, 1.54) is 0 Å². The molecule has 2 N–H and O–H groups in total. The molecule has 1 heterocycles. The van der Waals surface area contributed by atoms with Crippen LogP contribution in [0.2, 0.25) is 5.02 Å². The molecule has 0 bridgehead atoms. The number of nitrogens with one attached hydrogen (secondary N) is 2. The Bertz CT molecular complexity index is 1120. The van der Waals surface area contributed by atoms with E-state index in [0.29, 0.717) is 42.0 Å². The van der Waals surface area contributed by atoms with Crippen molar-refractivity contribution >= 4 is 34.2 Å². The lowest BCUT2D eigenvalue weighted by Crippen LogP contribution is -2.30. The van der Waals surface area contributed by atoms with Crippen LogP contribution in [0.5, 0.6) is 17.2 Å². The first-order chi connectivity index (χ1) is 15.5. The molecule has 0 unspecified atom stereocenters. The molecule has 8 heteroatoms. The maximum atomic E-state index is 12.0.